The van der Waals surface area contributed by atoms with Gasteiger partial charge in [0.05, 0.1) is 43.8 Å². The Labute approximate surface area is 239 Å². The van der Waals surface area contributed by atoms with E-state index < -0.39 is 29.5 Å². The molecule has 1 atom stereocenters. The number of rotatable bonds is 7. The number of aryl methyl sites for hydroxylation is 3. The zero-order valence-electron chi connectivity index (χ0n) is 23.3. The van der Waals surface area contributed by atoms with Gasteiger partial charge >= 0.3 is 11.9 Å². The molecule has 0 saturated carbocycles. The van der Waals surface area contributed by atoms with Crippen molar-refractivity contribution in [1.82, 2.24) is 14.4 Å². The van der Waals surface area contributed by atoms with Crippen molar-refractivity contribution in [3.63, 3.8) is 0 Å². The number of pyridine rings is 1. The summed E-state index contributed by atoms with van der Waals surface area (Å²) in [5.41, 5.74) is 2.87. The number of carbonyl (C=O) groups excluding carboxylic acids is 3. The molecule has 1 saturated heterocycles. The van der Waals surface area contributed by atoms with Crippen LogP contribution in [0.15, 0.2) is 42.1 Å². The van der Waals surface area contributed by atoms with E-state index in [1.807, 2.05) is 23.5 Å². The summed E-state index contributed by atoms with van der Waals surface area (Å²) in [6.45, 7) is 7.13. The third-order valence-electron chi connectivity index (χ3n) is 6.93. The second-order valence-corrected chi connectivity index (χ2v) is 10.3. The van der Waals surface area contributed by atoms with Crippen LogP contribution in [0.3, 0.4) is 0 Å². The number of anilines is 1. The number of amides is 1. The maximum absolute atomic E-state index is 13.7. The molecule has 1 aliphatic heterocycles. The molecule has 0 spiro atoms. The summed E-state index contributed by atoms with van der Waals surface area (Å²) in [7, 11) is 2.96. The topological polar surface area (TPSA) is 133 Å². The van der Waals surface area contributed by atoms with Gasteiger partial charge in [-0.1, -0.05) is 23.5 Å². The molecule has 4 aromatic rings. The lowest BCUT2D eigenvalue weighted by molar-refractivity contribution is -0.132. The Morgan fingerprint density at radius 3 is 2.46 bits per heavy atom. The van der Waals surface area contributed by atoms with E-state index in [1.165, 1.54) is 19.1 Å². The maximum Gasteiger partial charge on any atom is 0.350 e. The Kier molecular flexibility index (Phi) is 7.26. The molecule has 0 bridgehead atoms. The maximum atomic E-state index is 13.7. The van der Waals surface area contributed by atoms with Crippen LogP contribution in [0.2, 0.25) is 0 Å². The van der Waals surface area contributed by atoms with Gasteiger partial charge in [0.2, 0.25) is 0 Å². The van der Waals surface area contributed by atoms with Crippen molar-refractivity contribution in [3.05, 3.63) is 75.2 Å². The molecule has 0 aliphatic carbocycles. The standard InChI is InChI=1S/C29H28N4O7S/c1-7-40-28(37)25-15(3)30-29(41-25)33-22(17-10-11-18(38-5)19(13-17)39-6)20(24(35)27(33)36)23(34)21-16(4)32-12-8-9-14(2)26(32)31-21/h8-13,22,34H,7H2,1-6H3. The van der Waals surface area contributed by atoms with Gasteiger partial charge in [-0.25, -0.2) is 14.8 Å². The van der Waals surface area contributed by atoms with Crippen molar-refractivity contribution < 1.29 is 33.7 Å². The number of imidazole rings is 1. The second kappa shape index (κ2) is 10.7. The summed E-state index contributed by atoms with van der Waals surface area (Å²) in [5.74, 6) is -2.03. The van der Waals surface area contributed by atoms with Crippen LogP contribution in [-0.4, -0.2) is 58.0 Å². The Bertz CT molecular complexity index is 1750. The molecule has 5 rings (SSSR count). The van der Waals surface area contributed by atoms with Crippen molar-refractivity contribution in [2.75, 3.05) is 25.7 Å². The highest BCUT2D eigenvalue weighted by atomic mass is 32.1. The Hall–Kier alpha value is -4.71. The highest BCUT2D eigenvalue weighted by Gasteiger charge is 2.49. The lowest BCUT2D eigenvalue weighted by atomic mass is 9.96. The summed E-state index contributed by atoms with van der Waals surface area (Å²) < 4.78 is 17.8. The SMILES string of the molecule is CCOC(=O)c1sc(N2C(=O)C(=O)C(=C(O)c3nc4c(C)cccn4c3C)C2c2ccc(OC)c(OC)c2)nc1C. The number of nitrogens with zero attached hydrogens (tertiary/aromatic N) is 4. The number of fused-ring (bicyclic) bond motifs is 1. The minimum atomic E-state index is -1.11. The van der Waals surface area contributed by atoms with Gasteiger partial charge in [-0.15, -0.1) is 0 Å². The van der Waals surface area contributed by atoms with E-state index in [0.717, 1.165) is 16.9 Å². The van der Waals surface area contributed by atoms with Gasteiger partial charge in [0.1, 0.15) is 16.2 Å². The van der Waals surface area contributed by atoms with Crippen molar-refractivity contribution >= 4 is 45.5 Å². The average molecular weight is 577 g/mol. The third kappa shape index (κ3) is 4.49. The predicted molar refractivity (Wildman–Crippen MR) is 152 cm³/mol. The number of methoxy groups -OCH3 is 2. The van der Waals surface area contributed by atoms with E-state index >= 15 is 0 Å². The second-order valence-electron chi connectivity index (χ2n) is 9.35. The molecule has 1 aliphatic rings. The number of ketones is 1. The Morgan fingerprint density at radius 1 is 1.07 bits per heavy atom. The van der Waals surface area contributed by atoms with E-state index in [9.17, 15) is 19.5 Å². The number of aliphatic hydroxyl groups excluding tert-OH is 1. The summed E-state index contributed by atoms with van der Waals surface area (Å²) >= 11 is 0.932. The first-order valence-electron chi connectivity index (χ1n) is 12.7. The normalized spacial score (nSPS) is 16.4. The molecule has 41 heavy (non-hydrogen) atoms. The molecule has 1 N–H and O–H groups in total. The molecule has 12 heteroatoms. The fourth-order valence-electron chi connectivity index (χ4n) is 4.91. The number of carbonyl (C=O) groups is 3. The summed E-state index contributed by atoms with van der Waals surface area (Å²) in [5, 5.41) is 11.8. The molecule has 11 nitrogen and oxygen atoms in total. The van der Waals surface area contributed by atoms with Gasteiger partial charge in [-0.2, -0.15) is 0 Å². The van der Waals surface area contributed by atoms with Crippen LogP contribution in [0.1, 0.15) is 50.8 Å². The smallest absolute Gasteiger partial charge is 0.350 e. The number of hydrogen-bond acceptors (Lipinski definition) is 10. The lowest BCUT2D eigenvalue weighted by Crippen LogP contribution is -2.29. The van der Waals surface area contributed by atoms with E-state index in [4.69, 9.17) is 14.2 Å². The quantitative estimate of drug-likeness (QED) is 0.146. The van der Waals surface area contributed by atoms with Gasteiger partial charge in [-0.05, 0) is 57.0 Å². The average Bonchev–Trinajstić information content (AvgIpc) is 3.60. The Balaban J connectivity index is 1.76. The number of aliphatic hydroxyl groups is 1. The molecule has 212 valence electrons. The van der Waals surface area contributed by atoms with Gasteiger partial charge in [-0.3, -0.25) is 14.5 Å². The molecule has 1 fully saturated rings. The zero-order valence-corrected chi connectivity index (χ0v) is 24.2. The molecule has 0 radical (unpaired) electrons. The fourth-order valence-corrected chi connectivity index (χ4v) is 5.90. The molecule has 1 unspecified atom stereocenters. The van der Waals surface area contributed by atoms with Gasteiger partial charge in [0.25, 0.3) is 5.78 Å². The molecule has 3 aromatic heterocycles. The van der Waals surface area contributed by atoms with E-state index in [-0.39, 0.29) is 27.9 Å². The minimum Gasteiger partial charge on any atom is -0.505 e. The number of benzene rings is 1. The first-order valence-corrected chi connectivity index (χ1v) is 13.6. The van der Waals surface area contributed by atoms with Crippen LogP contribution in [0.4, 0.5) is 5.13 Å². The van der Waals surface area contributed by atoms with Crippen molar-refractivity contribution in [1.29, 1.82) is 0 Å². The molecule has 1 amide bonds. The number of ether oxygens (including phenoxy) is 3. The fraction of sp³-hybridized carbons (Fsp3) is 0.276. The molecule has 4 heterocycles. The number of esters is 1. The van der Waals surface area contributed by atoms with Crippen LogP contribution in [0.5, 0.6) is 11.5 Å². The molecule has 1 aromatic carbocycles. The van der Waals surface area contributed by atoms with Crippen molar-refractivity contribution in [3.8, 4) is 11.5 Å². The highest BCUT2D eigenvalue weighted by molar-refractivity contribution is 7.17. The lowest BCUT2D eigenvalue weighted by Gasteiger charge is -2.23. The zero-order chi connectivity index (χ0) is 29.6. The number of aromatic nitrogens is 3. The van der Waals surface area contributed by atoms with Crippen LogP contribution in [0.25, 0.3) is 11.4 Å². The van der Waals surface area contributed by atoms with Gasteiger partial charge in [0.15, 0.2) is 22.4 Å². The van der Waals surface area contributed by atoms with Gasteiger partial charge in [0, 0.05) is 6.20 Å². The number of hydrogen-bond donors (Lipinski definition) is 1. The summed E-state index contributed by atoms with van der Waals surface area (Å²) in [4.78, 5) is 50.3. The minimum absolute atomic E-state index is 0.106. The largest absolute Gasteiger partial charge is 0.505 e. The summed E-state index contributed by atoms with van der Waals surface area (Å²) in [6, 6.07) is 7.58. The van der Waals surface area contributed by atoms with E-state index in [1.54, 1.807) is 45.2 Å². The number of thiazole rings is 1. The van der Waals surface area contributed by atoms with Crippen molar-refractivity contribution in [2.45, 2.75) is 33.7 Å². The van der Waals surface area contributed by atoms with Crippen LogP contribution in [0, 0.1) is 20.8 Å². The summed E-state index contributed by atoms with van der Waals surface area (Å²) in [6.07, 6.45) is 1.81. The van der Waals surface area contributed by atoms with Crippen LogP contribution in [-0.2, 0) is 14.3 Å². The first-order chi connectivity index (χ1) is 19.6. The highest BCUT2D eigenvalue weighted by Crippen LogP contribution is 2.45. The first kappa shape index (κ1) is 27.8. The van der Waals surface area contributed by atoms with E-state index in [2.05, 4.69) is 9.97 Å². The van der Waals surface area contributed by atoms with Crippen LogP contribution < -0.4 is 14.4 Å². The molecular weight excluding hydrogens is 548 g/mol. The van der Waals surface area contributed by atoms with Crippen molar-refractivity contribution in [2.24, 2.45) is 0 Å². The number of Topliss-reactive ketones (excluding diaryl/α,β-unsaturated/α-hetero) is 1. The van der Waals surface area contributed by atoms with Gasteiger partial charge < -0.3 is 23.7 Å². The Morgan fingerprint density at radius 2 is 1.80 bits per heavy atom. The molecular formula is C29H28N4O7S. The van der Waals surface area contributed by atoms with Crippen LogP contribution >= 0.6 is 11.3 Å². The van der Waals surface area contributed by atoms with E-state index in [0.29, 0.717) is 34.1 Å². The predicted octanol–water partition coefficient (Wildman–Crippen LogP) is 4.54. The third-order valence-corrected chi connectivity index (χ3v) is 8.07. The monoisotopic (exact) mass is 576 g/mol.